The Bertz CT molecular complexity index is 582. The highest BCUT2D eigenvalue weighted by Crippen LogP contribution is 2.08. The van der Waals surface area contributed by atoms with Crippen molar-refractivity contribution in [2.75, 3.05) is 0 Å². The highest BCUT2D eigenvalue weighted by molar-refractivity contribution is 7.71. The molecule has 0 spiro atoms. The minimum Gasteiger partial charge on any atom is -0.250 e. The predicted octanol–water partition coefficient (Wildman–Crippen LogP) is 3.04. The first kappa shape index (κ1) is 12.0. The molecule has 0 unspecified atom stereocenters. The molecule has 1 heterocycles. The molecule has 0 atom stereocenters. The van der Waals surface area contributed by atoms with Gasteiger partial charge in [0.1, 0.15) is 0 Å². The molecule has 2 aromatic rings. The van der Waals surface area contributed by atoms with E-state index in [1.54, 1.807) is 10.9 Å². The molecule has 1 aromatic carbocycles. The monoisotopic (exact) mass is 266 g/mol. The second-order valence-corrected chi connectivity index (χ2v) is 4.23. The number of hydrogen-bond acceptors (Lipinski definition) is 3. The van der Waals surface area contributed by atoms with Crippen molar-refractivity contribution in [3.05, 3.63) is 45.4 Å². The molecule has 2 rings (SSSR count). The summed E-state index contributed by atoms with van der Waals surface area (Å²) in [4.78, 5) is 0. The van der Waals surface area contributed by atoms with Gasteiger partial charge in [0.15, 0.2) is 5.82 Å². The normalized spacial score (nSPS) is 11.2. The van der Waals surface area contributed by atoms with Gasteiger partial charge >= 0.3 is 0 Å². The zero-order valence-corrected chi connectivity index (χ0v) is 10.8. The molecule has 1 N–H and O–H groups in total. The van der Waals surface area contributed by atoms with E-state index >= 15 is 0 Å². The number of hydrogen-bond donors (Lipinski definition) is 1. The third-order valence-corrected chi connectivity index (χ3v) is 2.74. The Hall–Kier alpha value is -1.46. The van der Waals surface area contributed by atoms with Crippen LogP contribution in [0.15, 0.2) is 29.4 Å². The quantitative estimate of drug-likeness (QED) is 0.686. The molecule has 0 radical (unpaired) electrons. The Balaban J connectivity index is 2.28. The maximum absolute atomic E-state index is 5.80. The molecule has 0 saturated heterocycles. The molecule has 6 heteroatoms. The number of benzene rings is 1. The Labute approximate surface area is 109 Å². The summed E-state index contributed by atoms with van der Waals surface area (Å²) >= 11 is 10.9. The van der Waals surface area contributed by atoms with Crippen molar-refractivity contribution < 1.29 is 0 Å². The van der Waals surface area contributed by atoms with Gasteiger partial charge in [-0.1, -0.05) is 30.7 Å². The van der Waals surface area contributed by atoms with E-state index < -0.39 is 0 Å². The fraction of sp³-hybridized carbons (Fsp3) is 0.182. The van der Waals surface area contributed by atoms with Gasteiger partial charge in [-0.15, -0.1) is 0 Å². The second-order valence-electron chi connectivity index (χ2n) is 3.41. The van der Waals surface area contributed by atoms with E-state index in [1.807, 2.05) is 31.2 Å². The van der Waals surface area contributed by atoms with Gasteiger partial charge in [0.25, 0.3) is 0 Å². The Morgan fingerprint density at radius 2 is 2.18 bits per heavy atom. The molecule has 0 aliphatic carbocycles. The molecule has 0 saturated carbocycles. The SMILES string of the molecule is CCc1n[nH]c(=S)n1/N=C/c1ccc(Cl)cc1. The summed E-state index contributed by atoms with van der Waals surface area (Å²) in [5, 5.41) is 11.8. The van der Waals surface area contributed by atoms with Crippen molar-refractivity contribution in [3.8, 4) is 0 Å². The minimum atomic E-state index is 0.493. The van der Waals surface area contributed by atoms with Crippen LogP contribution in [0.5, 0.6) is 0 Å². The van der Waals surface area contributed by atoms with Crippen molar-refractivity contribution in [1.29, 1.82) is 0 Å². The lowest BCUT2D eigenvalue weighted by atomic mass is 10.2. The molecule has 0 amide bonds. The molecular weight excluding hydrogens is 256 g/mol. The highest BCUT2D eigenvalue weighted by Gasteiger charge is 2.00. The summed E-state index contributed by atoms with van der Waals surface area (Å²) in [6.45, 7) is 2.00. The van der Waals surface area contributed by atoms with Crippen LogP contribution in [0.2, 0.25) is 5.02 Å². The van der Waals surface area contributed by atoms with Gasteiger partial charge in [-0.3, -0.25) is 5.10 Å². The van der Waals surface area contributed by atoms with Crippen molar-refractivity contribution in [1.82, 2.24) is 14.9 Å². The molecule has 1 aromatic heterocycles. The molecule has 4 nitrogen and oxygen atoms in total. The topological polar surface area (TPSA) is 46.0 Å². The molecule has 0 fully saturated rings. The van der Waals surface area contributed by atoms with Gasteiger partial charge in [0, 0.05) is 11.4 Å². The van der Waals surface area contributed by atoms with E-state index in [9.17, 15) is 0 Å². The van der Waals surface area contributed by atoms with Crippen LogP contribution in [-0.2, 0) is 6.42 Å². The fourth-order valence-corrected chi connectivity index (χ4v) is 1.67. The standard InChI is InChI=1S/C11H11ClN4S/c1-2-10-14-15-11(17)16(10)13-7-8-3-5-9(12)6-4-8/h3-7H,2H2,1H3,(H,15,17)/b13-7+. The summed E-state index contributed by atoms with van der Waals surface area (Å²) in [6, 6.07) is 7.42. The fourth-order valence-electron chi connectivity index (χ4n) is 1.35. The molecule has 17 heavy (non-hydrogen) atoms. The van der Waals surface area contributed by atoms with Gasteiger partial charge in [-0.25, -0.2) is 0 Å². The molecule has 0 bridgehead atoms. The summed E-state index contributed by atoms with van der Waals surface area (Å²) in [6.07, 6.45) is 2.49. The van der Waals surface area contributed by atoms with Crippen LogP contribution >= 0.6 is 23.8 Å². The lowest BCUT2D eigenvalue weighted by Gasteiger charge is -1.97. The van der Waals surface area contributed by atoms with E-state index in [-0.39, 0.29) is 0 Å². The number of aromatic amines is 1. The van der Waals surface area contributed by atoms with E-state index in [0.29, 0.717) is 9.79 Å². The van der Waals surface area contributed by atoms with Gasteiger partial charge < -0.3 is 0 Å². The first-order valence-electron chi connectivity index (χ1n) is 5.17. The number of rotatable bonds is 3. The van der Waals surface area contributed by atoms with Crippen LogP contribution in [-0.4, -0.2) is 21.1 Å². The van der Waals surface area contributed by atoms with E-state index in [4.69, 9.17) is 23.8 Å². The van der Waals surface area contributed by atoms with Gasteiger partial charge in [0.05, 0.1) is 6.21 Å². The summed E-state index contributed by atoms with van der Waals surface area (Å²) in [7, 11) is 0. The van der Waals surface area contributed by atoms with Crippen LogP contribution in [0.1, 0.15) is 18.3 Å². The minimum absolute atomic E-state index is 0.493. The molecule has 0 aliphatic heterocycles. The second kappa shape index (κ2) is 5.25. The van der Waals surface area contributed by atoms with E-state index in [2.05, 4.69) is 15.3 Å². The summed E-state index contributed by atoms with van der Waals surface area (Å²) in [5.41, 5.74) is 0.958. The molecular formula is C11H11ClN4S. The van der Waals surface area contributed by atoms with Crippen LogP contribution in [0.4, 0.5) is 0 Å². The third-order valence-electron chi connectivity index (χ3n) is 2.23. The van der Waals surface area contributed by atoms with Gasteiger partial charge in [-0.05, 0) is 29.9 Å². The van der Waals surface area contributed by atoms with Gasteiger partial charge in [0.2, 0.25) is 4.77 Å². The number of H-pyrrole nitrogens is 1. The predicted molar refractivity (Wildman–Crippen MR) is 71.2 cm³/mol. The van der Waals surface area contributed by atoms with Crippen molar-refractivity contribution in [3.63, 3.8) is 0 Å². The van der Waals surface area contributed by atoms with Crippen LogP contribution < -0.4 is 0 Å². The lowest BCUT2D eigenvalue weighted by Crippen LogP contribution is -1.97. The number of halogens is 1. The van der Waals surface area contributed by atoms with Crippen molar-refractivity contribution in [2.45, 2.75) is 13.3 Å². The van der Waals surface area contributed by atoms with Crippen LogP contribution in [0, 0.1) is 4.77 Å². The zero-order chi connectivity index (χ0) is 12.3. The number of nitrogens with zero attached hydrogens (tertiary/aromatic N) is 3. The maximum Gasteiger partial charge on any atom is 0.216 e. The van der Waals surface area contributed by atoms with Gasteiger partial charge in [-0.2, -0.15) is 14.9 Å². The largest absolute Gasteiger partial charge is 0.250 e. The Kier molecular flexibility index (Phi) is 3.71. The van der Waals surface area contributed by atoms with E-state index in [0.717, 1.165) is 17.8 Å². The maximum atomic E-state index is 5.80. The number of aryl methyl sites for hydroxylation is 1. The summed E-state index contributed by atoms with van der Waals surface area (Å²) < 4.78 is 2.11. The smallest absolute Gasteiger partial charge is 0.216 e. The molecule has 0 aliphatic rings. The average molecular weight is 267 g/mol. The Morgan fingerprint density at radius 3 is 2.82 bits per heavy atom. The first-order chi connectivity index (χ1) is 8.20. The Morgan fingerprint density at radius 1 is 1.47 bits per heavy atom. The lowest BCUT2D eigenvalue weighted by molar-refractivity contribution is 0.780. The zero-order valence-electron chi connectivity index (χ0n) is 9.22. The summed E-state index contributed by atoms with van der Waals surface area (Å²) in [5.74, 6) is 0.806. The number of nitrogens with one attached hydrogen (secondary N) is 1. The molecule has 88 valence electrons. The van der Waals surface area contributed by atoms with E-state index in [1.165, 1.54) is 0 Å². The number of aromatic nitrogens is 3. The van der Waals surface area contributed by atoms with Crippen LogP contribution in [0.3, 0.4) is 0 Å². The highest BCUT2D eigenvalue weighted by atomic mass is 35.5. The van der Waals surface area contributed by atoms with Crippen molar-refractivity contribution >= 4 is 30.0 Å². The average Bonchev–Trinajstić information content (AvgIpc) is 2.69. The van der Waals surface area contributed by atoms with Crippen LogP contribution in [0.25, 0.3) is 0 Å². The first-order valence-corrected chi connectivity index (χ1v) is 5.95. The van der Waals surface area contributed by atoms with Crippen molar-refractivity contribution in [2.24, 2.45) is 5.10 Å². The third kappa shape index (κ3) is 2.81.